The van der Waals surface area contributed by atoms with Crippen molar-refractivity contribution in [1.82, 2.24) is 5.73 Å². The van der Waals surface area contributed by atoms with Crippen LogP contribution in [-0.4, -0.2) is 10.6 Å². The summed E-state index contributed by atoms with van der Waals surface area (Å²) >= 11 is 10.3. The predicted molar refractivity (Wildman–Crippen MR) is 29.7 cm³/mol. The van der Waals surface area contributed by atoms with Gasteiger partial charge in [0, 0.05) is 6.92 Å². The quantitative estimate of drug-likeness (QED) is 0.542. The van der Waals surface area contributed by atoms with Gasteiger partial charge in [0.1, 0.15) is 0 Å². The fourth-order valence-electron chi connectivity index (χ4n) is 0.163. The molecule has 1 radical (unpaired) electrons. The van der Waals surface area contributed by atoms with Crippen LogP contribution < -0.4 is 5.73 Å². The highest BCUT2D eigenvalue weighted by atomic mass is 35.5. The molecule has 0 saturated heterocycles. The van der Waals surface area contributed by atoms with Crippen LogP contribution in [-0.2, 0) is 4.74 Å². The highest BCUT2D eigenvalue weighted by molar-refractivity contribution is 6.47. The van der Waals surface area contributed by atoms with Gasteiger partial charge in [0.25, 0.3) is 4.52 Å². The lowest BCUT2D eigenvalue weighted by atomic mass is 10.8. The van der Waals surface area contributed by atoms with Gasteiger partial charge in [0.15, 0.2) is 0 Å². The van der Waals surface area contributed by atoms with Crippen molar-refractivity contribution in [3.8, 4) is 0 Å². The molecule has 8 heavy (non-hydrogen) atoms. The van der Waals surface area contributed by atoms with Gasteiger partial charge in [0.2, 0.25) is 0 Å². The molecule has 0 heterocycles. The zero-order valence-corrected chi connectivity index (χ0v) is 5.58. The van der Waals surface area contributed by atoms with E-state index in [0.29, 0.717) is 0 Å². The second-order valence-electron chi connectivity index (χ2n) is 1.20. The van der Waals surface area contributed by atoms with E-state index in [-0.39, 0.29) is 0 Å². The number of carbonyl (C=O) groups excluding carboxylic acids is 1. The summed E-state index contributed by atoms with van der Waals surface area (Å²) in [7, 11) is 0. The fourth-order valence-corrected chi connectivity index (χ4v) is 0.303. The summed E-state index contributed by atoms with van der Waals surface area (Å²) in [5, 5.41) is 0. The van der Waals surface area contributed by atoms with E-state index >= 15 is 0 Å². The lowest BCUT2D eigenvalue weighted by Crippen LogP contribution is -2.17. The molecular weight excluding hydrogens is 153 g/mol. The molecule has 1 N–H and O–H groups in total. The van der Waals surface area contributed by atoms with Crippen molar-refractivity contribution in [1.29, 1.82) is 0 Å². The Morgan fingerprint density at radius 3 is 2.12 bits per heavy atom. The van der Waals surface area contributed by atoms with Gasteiger partial charge < -0.3 is 4.74 Å². The normalized spacial score (nSPS) is 10.9. The van der Waals surface area contributed by atoms with Crippen LogP contribution in [0.15, 0.2) is 0 Å². The average molecular weight is 157 g/mol. The summed E-state index contributed by atoms with van der Waals surface area (Å²) in [6, 6.07) is 0. The molecule has 0 bridgehead atoms. The number of amides is 1. The standard InChI is InChI=1S/C3H4Cl2NO2/c1-3(4,5)8-2(6)7/h6H,1H3. The van der Waals surface area contributed by atoms with Gasteiger partial charge in [-0.25, -0.2) is 10.5 Å². The van der Waals surface area contributed by atoms with Gasteiger partial charge in [0.05, 0.1) is 0 Å². The van der Waals surface area contributed by atoms with Crippen molar-refractivity contribution in [3.05, 3.63) is 0 Å². The molecule has 0 aliphatic carbocycles. The Kier molecular flexibility index (Phi) is 2.37. The molecule has 0 aromatic rings. The van der Waals surface area contributed by atoms with Crippen molar-refractivity contribution < 1.29 is 9.53 Å². The lowest BCUT2D eigenvalue weighted by Gasteiger charge is -2.10. The van der Waals surface area contributed by atoms with Gasteiger partial charge in [-0.15, -0.1) is 0 Å². The number of rotatable bonds is 1. The third-order valence-electron chi connectivity index (χ3n) is 0.272. The Bertz CT molecular complexity index is 97.9. The van der Waals surface area contributed by atoms with Crippen molar-refractivity contribution in [2.45, 2.75) is 11.4 Å². The van der Waals surface area contributed by atoms with E-state index in [1.165, 1.54) is 6.92 Å². The molecule has 5 heteroatoms. The smallest absolute Gasteiger partial charge is 0.412 e. The molecule has 0 aliphatic rings. The van der Waals surface area contributed by atoms with Crippen LogP contribution in [0, 0.1) is 0 Å². The van der Waals surface area contributed by atoms with Gasteiger partial charge in [-0.1, -0.05) is 23.2 Å². The molecule has 0 fully saturated rings. The van der Waals surface area contributed by atoms with E-state index in [0.717, 1.165) is 0 Å². The van der Waals surface area contributed by atoms with Crippen LogP contribution in [0.5, 0.6) is 0 Å². The molecule has 0 spiro atoms. The molecule has 0 rings (SSSR count). The van der Waals surface area contributed by atoms with E-state index in [1.807, 2.05) is 0 Å². The first kappa shape index (κ1) is 7.85. The predicted octanol–water partition coefficient (Wildman–Crippen LogP) is 1.56. The molecule has 0 aliphatic heterocycles. The minimum Gasteiger partial charge on any atom is -0.412 e. The third-order valence-corrected chi connectivity index (χ3v) is 0.426. The third kappa shape index (κ3) is 5.85. The van der Waals surface area contributed by atoms with Gasteiger partial charge in [-0.2, -0.15) is 0 Å². The molecule has 0 saturated carbocycles. The molecule has 0 aromatic carbocycles. The first-order chi connectivity index (χ1) is 3.42. The van der Waals surface area contributed by atoms with Crippen LogP contribution in [0.1, 0.15) is 6.92 Å². The lowest BCUT2D eigenvalue weighted by molar-refractivity contribution is 0.131. The minimum atomic E-state index is -1.57. The molecule has 47 valence electrons. The number of hydrogen-bond acceptors (Lipinski definition) is 2. The maximum atomic E-state index is 9.73. The van der Waals surface area contributed by atoms with Crippen LogP contribution in [0.4, 0.5) is 4.79 Å². The topological polar surface area (TPSA) is 50.1 Å². The Morgan fingerprint density at radius 1 is 1.75 bits per heavy atom. The molecule has 1 amide bonds. The number of alkyl halides is 2. The van der Waals surface area contributed by atoms with Crippen molar-refractivity contribution in [2.75, 3.05) is 0 Å². The Hall–Kier alpha value is -0.150. The Balaban J connectivity index is 3.55. The molecule has 0 atom stereocenters. The first-order valence-corrected chi connectivity index (χ1v) is 2.50. The Morgan fingerprint density at radius 2 is 2.12 bits per heavy atom. The van der Waals surface area contributed by atoms with E-state index in [9.17, 15) is 4.79 Å². The molecule has 0 aromatic heterocycles. The second-order valence-corrected chi connectivity index (χ2v) is 2.83. The fraction of sp³-hybridized carbons (Fsp3) is 0.667. The van der Waals surface area contributed by atoms with E-state index in [1.54, 1.807) is 0 Å². The van der Waals surface area contributed by atoms with Crippen LogP contribution in [0.3, 0.4) is 0 Å². The maximum Gasteiger partial charge on any atom is 0.428 e. The largest absolute Gasteiger partial charge is 0.428 e. The van der Waals surface area contributed by atoms with Crippen LogP contribution in [0.2, 0.25) is 0 Å². The summed E-state index contributed by atoms with van der Waals surface area (Å²) in [4.78, 5) is 9.73. The zero-order chi connectivity index (χ0) is 6.78. The monoisotopic (exact) mass is 156 g/mol. The first-order valence-electron chi connectivity index (χ1n) is 1.74. The molecule has 3 nitrogen and oxygen atoms in total. The number of carbonyl (C=O) groups is 1. The molecule has 0 unspecified atom stereocenters. The number of nitrogens with one attached hydrogen (secondary N) is 1. The van der Waals surface area contributed by atoms with Crippen molar-refractivity contribution in [3.63, 3.8) is 0 Å². The van der Waals surface area contributed by atoms with Crippen LogP contribution >= 0.6 is 23.2 Å². The number of halogens is 2. The average Bonchev–Trinajstić information content (AvgIpc) is 1.21. The SMILES string of the molecule is CC(Cl)(Cl)OC([NH])=O. The number of ether oxygens (including phenoxy) is 1. The summed E-state index contributed by atoms with van der Waals surface area (Å²) < 4.78 is 2.43. The maximum absolute atomic E-state index is 9.73. The minimum absolute atomic E-state index is 1.24. The van der Waals surface area contributed by atoms with Crippen molar-refractivity contribution >= 4 is 29.3 Å². The van der Waals surface area contributed by atoms with Gasteiger partial charge in [-0.3, -0.25) is 0 Å². The summed E-state index contributed by atoms with van der Waals surface area (Å²) in [6.07, 6.45) is -1.24. The zero-order valence-electron chi connectivity index (χ0n) is 4.07. The van der Waals surface area contributed by atoms with E-state index < -0.39 is 10.6 Å². The second kappa shape index (κ2) is 2.42. The summed E-state index contributed by atoms with van der Waals surface area (Å²) in [5.41, 5.74) is 6.20. The highest BCUT2D eigenvalue weighted by Gasteiger charge is 2.19. The Labute approximate surface area is 56.7 Å². The summed E-state index contributed by atoms with van der Waals surface area (Å²) in [6.45, 7) is 1.25. The highest BCUT2D eigenvalue weighted by Crippen LogP contribution is 2.20. The number of hydrogen-bond donors (Lipinski definition) is 0. The van der Waals surface area contributed by atoms with Crippen molar-refractivity contribution in [2.24, 2.45) is 0 Å². The van der Waals surface area contributed by atoms with E-state index in [4.69, 9.17) is 28.9 Å². The molecular formula is C3H4Cl2NO2. The van der Waals surface area contributed by atoms with Gasteiger partial charge in [-0.05, 0) is 0 Å². The van der Waals surface area contributed by atoms with E-state index in [2.05, 4.69) is 4.74 Å². The van der Waals surface area contributed by atoms with Gasteiger partial charge >= 0.3 is 6.09 Å². The van der Waals surface area contributed by atoms with Crippen LogP contribution in [0.25, 0.3) is 0 Å². The summed E-state index contributed by atoms with van der Waals surface area (Å²) in [5.74, 6) is 0.